The third-order valence-electron chi connectivity index (χ3n) is 4.67. The molecule has 0 radical (unpaired) electrons. The van der Waals surface area contributed by atoms with Crippen molar-refractivity contribution in [2.24, 2.45) is 17.6 Å². The first-order valence-electron chi connectivity index (χ1n) is 7.28. The maximum atomic E-state index is 6.15. The monoisotopic (exact) mass is 239 g/mol. The van der Waals surface area contributed by atoms with Crippen molar-refractivity contribution in [3.8, 4) is 0 Å². The van der Waals surface area contributed by atoms with Crippen LogP contribution in [0.25, 0.3) is 0 Å². The van der Waals surface area contributed by atoms with Crippen LogP contribution in [0.1, 0.15) is 32.1 Å². The minimum absolute atomic E-state index is 0.468. The molecule has 1 saturated carbocycles. The molecule has 2 rings (SSSR count). The molecule has 3 nitrogen and oxygen atoms in total. The molecule has 0 aromatic carbocycles. The SMILES string of the molecule is CN1CCC(CN(C)CC2CCCC2N)CC1. The van der Waals surface area contributed by atoms with E-state index in [1.54, 1.807) is 0 Å². The zero-order chi connectivity index (χ0) is 12.3. The van der Waals surface area contributed by atoms with Gasteiger partial charge in [-0.1, -0.05) is 6.42 Å². The van der Waals surface area contributed by atoms with Gasteiger partial charge in [0, 0.05) is 19.1 Å². The summed E-state index contributed by atoms with van der Waals surface area (Å²) in [6.07, 6.45) is 6.68. The molecule has 0 aromatic heterocycles. The fourth-order valence-electron chi connectivity index (χ4n) is 3.45. The van der Waals surface area contributed by atoms with E-state index in [0.717, 1.165) is 11.8 Å². The molecule has 0 bridgehead atoms. The van der Waals surface area contributed by atoms with Crippen molar-refractivity contribution in [3.05, 3.63) is 0 Å². The Balaban J connectivity index is 1.68. The van der Waals surface area contributed by atoms with E-state index in [9.17, 15) is 0 Å². The largest absolute Gasteiger partial charge is 0.327 e. The zero-order valence-electron chi connectivity index (χ0n) is 11.6. The topological polar surface area (TPSA) is 32.5 Å². The van der Waals surface area contributed by atoms with Gasteiger partial charge in [0.15, 0.2) is 0 Å². The lowest BCUT2D eigenvalue weighted by atomic mass is 9.96. The maximum Gasteiger partial charge on any atom is 0.00793 e. The minimum atomic E-state index is 0.468. The summed E-state index contributed by atoms with van der Waals surface area (Å²) < 4.78 is 0. The Bertz CT molecular complexity index is 224. The van der Waals surface area contributed by atoms with Gasteiger partial charge in [0.05, 0.1) is 0 Å². The summed E-state index contributed by atoms with van der Waals surface area (Å²) in [4.78, 5) is 4.98. The third kappa shape index (κ3) is 3.94. The fourth-order valence-corrected chi connectivity index (χ4v) is 3.45. The number of nitrogens with two attached hydrogens (primary N) is 1. The number of hydrogen-bond acceptors (Lipinski definition) is 3. The van der Waals surface area contributed by atoms with Gasteiger partial charge in [-0.3, -0.25) is 0 Å². The first-order valence-corrected chi connectivity index (χ1v) is 7.28. The summed E-state index contributed by atoms with van der Waals surface area (Å²) in [7, 11) is 4.51. The lowest BCUT2D eigenvalue weighted by molar-refractivity contribution is 0.163. The standard InChI is InChI=1S/C14H29N3/c1-16-8-6-12(7-9-16)10-17(2)11-13-4-3-5-14(13)15/h12-14H,3-11,15H2,1-2H3. The molecule has 0 aromatic rings. The average Bonchev–Trinajstić information content (AvgIpc) is 2.68. The normalized spacial score (nSPS) is 32.5. The van der Waals surface area contributed by atoms with Crippen molar-refractivity contribution in [1.29, 1.82) is 0 Å². The molecule has 1 aliphatic carbocycles. The Morgan fingerprint density at radius 3 is 2.41 bits per heavy atom. The van der Waals surface area contributed by atoms with Crippen LogP contribution in [0.4, 0.5) is 0 Å². The van der Waals surface area contributed by atoms with E-state index in [-0.39, 0.29) is 0 Å². The van der Waals surface area contributed by atoms with Gasteiger partial charge >= 0.3 is 0 Å². The molecule has 0 spiro atoms. The van der Waals surface area contributed by atoms with Gasteiger partial charge in [0.1, 0.15) is 0 Å². The average molecular weight is 239 g/mol. The predicted octanol–water partition coefficient (Wildman–Crippen LogP) is 1.39. The van der Waals surface area contributed by atoms with Crippen LogP contribution < -0.4 is 5.73 Å². The van der Waals surface area contributed by atoms with Crippen LogP contribution in [-0.4, -0.2) is 56.1 Å². The molecular formula is C14H29N3. The molecule has 2 fully saturated rings. The second kappa shape index (κ2) is 6.17. The lowest BCUT2D eigenvalue weighted by Gasteiger charge is -2.33. The van der Waals surface area contributed by atoms with Gasteiger partial charge in [-0.2, -0.15) is 0 Å². The third-order valence-corrected chi connectivity index (χ3v) is 4.67. The summed E-state index contributed by atoms with van der Waals surface area (Å²) in [6.45, 7) is 5.05. The van der Waals surface area contributed by atoms with Crippen molar-refractivity contribution in [2.45, 2.75) is 38.1 Å². The van der Waals surface area contributed by atoms with E-state index in [4.69, 9.17) is 5.73 Å². The van der Waals surface area contributed by atoms with Crippen LogP contribution in [0, 0.1) is 11.8 Å². The summed E-state index contributed by atoms with van der Waals surface area (Å²) in [5.41, 5.74) is 6.15. The van der Waals surface area contributed by atoms with Gasteiger partial charge in [0.2, 0.25) is 0 Å². The smallest absolute Gasteiger partial charge is 0.00793 e. The summed E-state index contributed by atoms with van der Waals surface area (Å²) in [6, 6.07) is 0.468. The predicted molar refractivity (Wildman–Crippen MR) is 73.0 cm³/mol. The van der Waals surface area contributed by atoms with E-state index in [1.165, 1.54) is 58.3 Å². The van der Waals surface area contributed by atoms with Gasteiger partial charge < -0.3 is 15.5 Å². The number of nitrogens with zero attached hydrogens (tertiary/aromatic N) is 2. The lowest BCUT2D eigenvalue weighted by Crippen LogP contribution is -2.39. The second-order valence-corrected chi connectivity index (χ2v) is 6.32. The summed E-state index contributed by atoms with van der Waals surface area (Å²) in [5, 5.41) is 0. The van der Waals surface area contributed by atoms with E-state index in [1.807, 2.05) is 0 Å². The van der Waals surface area contributed by atoms with Crippen LogP contribution in [0.2, 0.25) is 0 Å². The maximum absolute atomic E-state index is 6.15. The van der Waals surface area contributed by atoms with E-state index in [2.05, 4.69) is 23.9 Å². The molecule has 3 heteroatoms. The number of likely N-dealkylation sites (tertiary alicyclic amines) is 1. The van der Waals surface area contributed by atoms with Crippen molar-refractivity contribution in [1.82, 2.24) is 9.80 Å². The molecule has 2 unspecified atom stereocenters. The number of hydrogen-bond donors (Lipinski definition) is 1. The van der Waals surface area contributed by atoms with Crippen LogP contribution in [0.3, 0.4) is 0 Å². The van der Waals surface area contributed by atoms with Crippen molar-refractivity contribution < 1.29 is 0 Å². The number of piperidine rings is 1. The molecule has 2 atom stereocenters. The van der Waals surface area contributed by atoms with Gasteiger partial charge in [-0.15, -0.1) is 0 Å². The highest BCUT2D eigenvalue weighted by molar-refractivity contribution is 4.82. The molecule has 17 heavy (non-hydrogen) atoms. The van der Waals surface area contributed by atoms with E-state index in [0.29, 0.717) is 6.04 Å². The Kier molecular flexibility index (Phi) is 4.83. The highest BCUT2D eigenvalue weighted by Crippen LogP contribution is 2.25. The van der Waals surface area contributed by atoms with Crippen LogP contribution >= 0.6 is 0 Å². The second-order valence-electron chi connectivity index (χ2n) is 6.32. The highest BCUT2D eigenvalue weighted by atomic mass is 15.1. The van der Waals surface area contributed by atoms with Crippen LogP contribution in [0.15, 0.2) is 0 Å². The van der Waals surface area contributed by atoms with E-state index < -0.39 is 0 Å². The summed E-state index contributed by atoms with van der Waals surface area (Å²) >= 11 is 0. The molecule has 1 heterocycles. The molecular weight excluding hydrogens is 210 g/mol. The first kappa shape index (κ1) is 13.3. The molecule has 0 amide bonds. The molecule has 100 valence electrons. The molecule has 1 saturated heterocycles. The fraction of sp³-hybridized carbons (Fsp3) is 1.00. The quantitative estimate of drug-likeness (QED) is 0.804. The Morgan fingerprint density at radius 1 is 1.12 bits per heavy atom. The molecule has 2 aliphatic rings. The minimum Gasteiger partial charge on any atom is -0.327 e. The number of rotatable bonds is 4. The van der Waals surface area contributed by atoms with Gasteiger partial charge in [-0.05, 0) is 64.7 Å². The molecule has 2 N–H and O–H groups in total. The summed E-state index contributed by atoms with van der Waals surface area (Å²) in [5.74, 6) is 1.67. The van der Waals surface area contributed by atoms with E-state index >= 15 is 0 Å². The first-order chi connectivity index (χ1) is 8.15. The highest BCUT2D eigenvalue weighted by Gasteiger charge is 2.26. The molecule has 1 aliphatic heterocycles. The van der Waals surface area contributed by atoms with Crippen molar-refractivity contribution in [2.75, 3.05) is 40.3 Å². The Hall–Kier alpha value is -0.120. The van der Waals surface area contributed by atoms with Crippen molar-refractivity contribution >= 4 is 0 Å². The van der Waals surface area contributed by atoms with Crippen LogP contribution in [-0.2, 0) is 0 Å². The van der Waals surface area contributed by atoms with Gasteiger partial charge in [-0.25, -0.2) is 0 Å². The Labute approximate surface area is 106 Å². The zero-order valence-corrected chi connectivity index (χ0v) is 11.6. The van der Waals surface area contributed by atoms with Crippen LogP contribution in [0.5, 0.6) is 0 Å². The van der Waals surface area contributed by atoms with Crippen molar-refractivity contribution in [3.63, 3.8) is 0 Å². The Morgan fingerprint density at radius 2 is 1.82 bits per heavy atom. The van der Waals surface area contributed by atoms with Gasteiger partial charge in [0.25, 0.3) is 0 Å².